The fourth-order valence-electron chi connectivity index (χ4n) is 3.78. The molecular weight excluding hydrogens is 393 g/mol. The van der Waals surface area contributed by atoms with Crippen LogP contribution in [0.15, 0.2) is 53.6 Å². The van der Waals surface area contributed by atoms with E-state index in [-0.39, 0.29) is 16.9 Å². The first-order chi connectivity index (χ1) is 14.0. The molecule has 0 saturated heterocycles. The zero-order valence-corrected chi connectivity index (χ0v) is 16.4. The van der Waals surface area contributed by atoms with Gasteiger partial charge in [0, 0.05) is 25.2 Å². The van der Waals surface area contributed by atoms with Crippen LogP contribution in [0.2, 0.25) is 5.02 Å². The van der Waals surface area contributed by atoms with E-state index in [1.54, 1.807) is 30.1 Å². The summed E-state index contributed by atoms with van der Waals surface area (Å²) < 4.78 is 16.7. The van der Waals surface area contributed by atoms with E-state index < -0.39 is 0 Å². The van der Waals surface area contributed by atoms with Gasteiger partial charge in [0.25, 0.3) is 5.56 Å². The molecule has 0 spiro atoms. The molecule has 3 heterocycles. The summed E-state index contributed by atoms with van der Waals surface area (Å²) in [4.78, 5) is 24.3. The second kappa shape index (κ2) is 6.70. The lowest BCUT2D eigenvalue weighted by Gasteiger charge is -2.31. The molecule has 146 valence electrons. The van der Waals surface area contributed by atoms with Crippen LogP contribution in [-0.2, 0) is 20.0 Å². The summed E-state index contributed by atoms with van der Waals surface area (Å²) in [6.07, 6.45) is 2.39. The Morgan fingerprint density at radius 2 is 1.90 bits per heavy atom. The Hall–Kier alpha value is -3.19. The second-order valence-corrected chi connectivity index (χ2v) is 7.58. The van der Waals surface area contributed by atoms with Gasteiger partial charge in [-0.2, -0.15) is 4.98 Å². The molecule has 8 heteroatoms. The normalized spacial score (nSPS) is 13.7. The van der Waals surface area contributed by atoms with Gasteiger partial charge in [-0.1, -0.05) is 17.7 Å². The summed E-state index contributed by atoms with van der Waals surface area (Å²) in [5.41, 5.74) is 3.40. The van der Waals surface area contributed by atoms with Crippen LogP contribution in [-0.4, -0.2) is 25.6 Å². The SMILES string of the molecule is Cn1cnc2c(=O)n(-c3ccc(F)cc3)c(N3CCc4ccc(Cl)cc4C3)nc21. The largest absolute Gasteiger partial charge is 0.337 e. The van der Waals surface area contributed by atoms with Crippen LogP contribution < -0.4 is 10.5 Å². The highest BCUT2D eigenvalue weighted by Crippen LogP contribution is 2.27. The van der Waals surface area contributed by atoms with Gasteiger partial charge in [0.05, 0.1) is 12.0 Å². The predicted molar refractivity (Wildman–Crippen MR) is 110 cm³/mol. The molecule has 0 atom stereocenters. The summed E-state index contributed by atoms with van der Waals surface area (Å²) in [6.45, 7) is 1.28. The zero-order chi connectivity index (χ0) is 20.1. The van der Waals surface area contributed by atoms with Crippen molar-refractivity contribution >= 4 is 28.7 Å². The van der Waals surface area contributed by atoms with Crippen LogP contribution in [0, 0.1) is 5.82 Å². The van der Waals surface area contributed by atoms with Crippen molar-refractivity contribution in [3.05, 3.63) is 81.1 Å². The highest BCUT2D eigenvalue weighted by molar-refractivity contribution is 6.30. The van der Waals surface area contributed by atoms with Crippen molar-refractivity contribution in [3.8, 4) is 5.69 Å². The predicted octanol–water partition coefficient (Wildman–Crippen LogP) is 3.47. The topological polar surface area (TPSA) is 56.0 Å². The zero-order valence-electron chi connectivity index (χ0n) is 15.6. The molecule has 1 aliphatic heterocycles. The summed E-state index contributed by atoms with van der Waals surface area (Å²) in [7, 11) is 1.80. The summed E-state index contributed by atoms with van der Waals surface area (Å²) in [5, 5.41) is 0.677. The lowest BCUT2D eigenvalue weighted by atomic mass is 10.0. The lowest BCUT2D eigenvalue weighted by molar-refractivity contribution is 0.627. The van der Waals surface area contributed by atoms with E-state index in [0.29, 0.717) is 35.4 Å². The molecule has 6 nitrogen and oxygen atoms in total. The minimum Gasteiger partial charge on any atom is -0.337 e. The van der Waals surface area contributed by atoms with E-state index >= 15 is 0 Å². The van der Waals surface area contributed by atoms with E-state index in [9.17, 15) is 9.18 Å². The van der Waals surface area contributed by atoms with Crippen LogP contribution in [0.4, 0.5) is 10.3 Å². The molecule has 5 rings (SSSR count). The Balaban J connectivity index is 1.72. The molecule has 0 radical (unpaired) electrons. The molecule has 0 bridgehead atoms. The van der Waals surface area contributed by atoms with Gasteiger partial charge < -0.3 is 9.47 Å². The number of anilines is 1. The van der Waals surface area contributed by atoms with Gasteiger partial charge in [0.1, 0.15) is 5.82 Å². The van der Waals surface area contributed by atoms with Gasteiger partial charge in [-0.25, -0.2) is 13.9 Å². The maximum Gasteiger partial charge on any atom is 0.287 e. The third-order valence-corrected chi connectivity index (χ3v) is 5.50. The quantitative estimate of drug-likeness (QED) is 0.508. The van der Waals surface area contributed by atoms with E-state index in [4.69, 9.17) is 16.6 Å². The number of rotatable bonds is 2. The van der Waals surface area contributed by atoms with Gasteiger partial charge in [0.2, 0.25) is 5.95 Å². The maximum atomic E-state index is 13.5. The first-order valence-corrected chi connectivity index (χ1v) is 9.61. The molecule has 0 fully saturated rings. The third-order valence-electron chi connectivity index (χ3n) is 5.27. The first kappa shape index (κ1) is 17.9. The van der Waals surface area contributed by atoms with Crippen molar-refractivity contribution < 1.29 is 4.39 Å². The molecule has 4 aromatic rings. The Kier molecular flexibility index (Phi) is 4.13. The van der Waals surface area contributed by atoms with Gasteiger partial charge in [-0.05, 0) is 53.9 Å². The molecule has 2 aromatic heterocycles. The molecule has 0 saturated carbocycles. The molecule has 29 heavy (non-hydrogen) atoms. The Labute approximate surface area is 170 Å². The summed E-state index contributed by atoms with van der Waals surface area (Å²) in [6, 6.07) is 11.7. The van der Waals surface area contributed by atoms with E-state index in [2.05, 4.69) is 9.88 Å². The number of halogens is 2. The van der Waals surface area contributed by atoms with Gasteiger partial charge in [-0.15, -0.1) is 0 Å². The second-order valence-electron chi connectivity index (χ2n) is 7.14. The minimum atomic E-state index is -0.364. The molecule has 0 N–H and O–H groups in total. The monoisotopic (exact) mass is 409 g/mol. The maximum absolute atomic E-state index is 13.5. The summed E-state index contributed by atoms with van der Waals surface area (Å²) >= 11 is 6.19. The van der Waals surface area contributed by atoms with Gasteiger partial charge in [0.15, 0.2) is 11.2 Å². The highest BCUT2D eigenvalue weighted by atomic mass is 35.5. The smallest absolute Gasteiger partial charge is 0.287 e. The number of aromatic nitrogens is 4. The average Bonchev–Trinajstić information content (AvgIpc) is 3.09. The van der Waals surface area contributed by atoms with Crippen LogP contribution in [0.3, 0.4) is 0 Å². The van der Waals surface area contributed by atoms with Crippen LogP contribution in [0.25, 0.3) is 16.9 Å². The van der Waals surface area contributed by atoms with Crippen LogP contribution >= 0.6 is 11.6 Å². The van der Waals surface area contributed by atoms with E-state index in [0.717, 1.165) is 12.0 Å². The first-order valence-electron chi connectivity index (χ1n) is 9.23. The van der Waals surface area contributed by atoms with Gasteiger partial charge in [-0.3, -0.25) is 4.79 Å². The number of benzene rings is 2. The lowest BCUT2D eigenvalue weighted by Crippen LogP contribution is -2.36. The van der Waals surface area contributed by atoms with Crippen molar-refractivity contribution in [1.29, 1.82) is 0 Å². The minimum absolute atomic E-state index is 0.279. The van der Waals surface area contributed by atoms with Crippen LogP contribution in [0.1, 0.15) is 11.1 Å². The number of hydrogen-bond donors (Lipinski definition) is 0. The van der Waals surface area contributed by atoms with Crippen molar-refractivity contribution in [2.45, 2.75) is 13.0 Å². The molecule has 1 aliphatic rings. The number of imidazole rings is 1. The fourth-order valence-corrected chi connectivity index (χ4v) is 3.97. The summed E-state index contributed by atoms with van der Waals surface area (Å²) in [5.74, 6) is 0.139. The Morgan fingerprint density at radius 1 is 1.10 bits per heavy atom. The highest BCUT2D eigenvalue weighted by Gasteiger charge is 2.24. The van der Waals surface area contributed by atoms with Crippen molar-refractivity contribution in [1.82, 2.24) is 19.1 Å². The van der Waals surface area contributed by atoms with Crippen LogP contribution in [0.5, 0.6) is 0 Å². The van der Waals surface area contributed by atoms with Crippen molar-refractivity contribution in [2.75, 3.05) is 11.4 Å². The molecule has 0 aliphatic carbocycles. The number of nitrogens with zero attached hydrogens (tertiary/aromatic N) is 5. The number of fused-ring (bicyclic) bond motifs is 2. The average molecular weight is 410 g/mol. The number of aryl methyl sites for hydroxylation is 1. The molecule has 0 amide bonds. The molecular formula is C21H17ClFN5O. The Morgan fingerprint density at radius 3 is 2.69 bits per heavy atom. The van der Waals surface area contributed by atoms with Crippen molar-refractivity contribution in [3.63, 3.8) is 0 Å². The molecule has 2 aromatic carbocycles. The van der Waals surface area contributed by atoms with Crippen molar-refractivity contribution in [2.24, 2.45) is 7.05 Å². The standard InChI is InChI=1S/C21H17ClFN5O/c1-26-12-24-18-19(26)25-21(28(20(18)29)17-6-4-16(23)5-7-17)27-9-8-13-2-3-15(22)10-14(13)11-27/h2-7,10,12H,8-9,11H2,1H3. The van der Waals surface area contributed by atoms with E-state index in [1.807, 2.05) is 18.2 Å². The van der Waals surface area contributed by atoms with E-state index in [1.165, 1.54) is 22.3 Å². The fraction of sp³-hybridized carbons (Fsp3) is 0.190. The Bertz CT molecular complexity index is 1300. The molecule has 0 unspecified atom stereocenters. The number of hydrogen-bond acceptors (Lipinski definition) is 4. The van der Waals surface area contributed by atoms with Gasteiger partial charge >= 0.3 is 0 Å². The third kappa shape index (κ3) is 2.98.